The summed E-state index contributed by atoms with van der Waals surface area (Å²) in [6, 6.07) is 25.5. The molecule has 0 aliphatic heterocycles. The second-order valence-corrected chi connectivity index (χ2v) is 13.5. The van der Waals surface area contributed by atoms with E-state index in [0.29, 0.717) is 45.1 Å². The van der Waals surface area contributed by atoms with Crippen LogP contribution in [0.3, 0.4) is 0 Å². The van der Waals surface area contributed by atoms with Crippen molar-refractivity contribution in [3.63, 3.8) is 0 Å². The fourth-order valence-corrected chi connectivity index (χ4v) is 7.35. The fraction of sp³-hybridized carbons (Fsp3) is 0.190. The van der Waals surface area contributed by atoms with Gasteiger partial charge in [0.2, 0.25) is 0 Å². The summed E-state index contributed by atoms with van der Waals surface area (Å²) in [5.41, 5.74) is 5.10. The van der Waals surface area contributed by atoms with Gasteiger partial charge in [-0.3, -0.25) is 9.59 Å². The SMILES string of the molecule is Cc1cc2c(C(=O)NCC(C)c3ccccc3)c(O)c(O)cc2c2c1-c1c(cc3c(C(=O)NCC(C)c4ccccc4)c(O)c(O)cc3c1O)C2. The van der Waals surface area contributed by atoms with E-state index in [1.165, 1.54) is 12.1 Å². The second kappa shape index (κ2) is 12.9. The van der Waals surface area contributed by atoms with Gasteiger partial charge in [0.15, 0.2) is 23.0 Å². The Labute approximate surface area is 294 Å². The van der Waals surface area contributed by atoms with E-state index in [-0.39, 0.29) is 52.5 Å². The highest BCUT2D eigenvalue weighted by molar-refractivity contribution is 6.16. The number of benzene rings is 6. The first-order valence-electron chi connectivity index (χ1n) is 16.9. The maximum atomic E-state index is 13.6. The molecule has 7 rings (SSSR count). The lowest BCUT2D eigenvalue weighted by molar-refractivity contribution is 0.0941. The van der Waals surface area contributed by atoms with Crippen molar-refractivity contribution < 1.29 is 35.1 Å². The maximum absolute atomic E-state index is 13.6. The van der Waals surface area contributed by atoms with Gasteiger partial charge in [0.05, 0.1) is 11.1 Å². The Balaban J connectivity index is 1.28. The zero-order valence-corrected chi connectivity index (χ0v) is 28.4. The Morgan fingerprint density at radius 2 is 1.08 bits per heavy atom. The zero-order chi connectivity index (χ0) is 36.1. The summed E-state index contributed by atoms with van der Waals surface area (Å²) in [6.07, 6.45) is 0.260. The van der Waals surface area contributed by atoms with Gasteiger partial charge in [-0.2, -0.15) is 0 Å². The number of phenolic OH excluding ortho intramolecular Hbond substituents is 5. The van der Waals surface area contributed by atoms with Gasteiger partial charge in [0.25, 0.3) is 11.8 Å². The maximum Gasteiger partial charge on any atom is 0.255 e. The molecule has 0 bridgehead atoms. The number of nitrogens with one attached hydrogen (secondary N) is 2. The van der Waals surface area contributed by atoms with Crippen LogP contribution in [0.4, 0.5) is 0 Å². The highest BCUT2D eigenvalue weighted by Crippen LogP contribution is 2.53. The van der Waals surface area contributed by atoms with Crippen LogP contribution in [0, 0.1) is 6.92 Å². The molecule has 1 aliphatic rings. The standard InChI is InChI=1S/C42H38N2O7/c1-21-14-28-27(17-32(45)39(48)36(28)41(50)43-19-22(2)24-10-6-4-7-11-24)29-15-26-16-30-31(38(47)35(26)34(21)29)18-33(46)40(49)37(30)42(51)44-20-23(3)25-12-8-5-9-13-25/h4-14,16-18,22-23,45-49H,15,19-20H2,1-3H3,(H,43,50)(H,44,51). The lowest BCUT2D eigenvalue weighted by atomic mass is 9.90. The number of carbonyl (C=O) groups is 2. The molecule has 51 heavy (non-hydrogen) atoms. The van der Waals surface area contributed by atoms with Gasteiger partial charge in [0, 0.05) is 29.4 Å². The molecule has 0 fully saturated rings. The van der Waals surface area contributed by atoms with Crippen molar-refractivity contribution in [2.45, 2.75) is 39.0 Å². The molecule has 0 radical (unpaired) electrons. The number of fused-ring (bicyclic) bond motifs is 6. The number of amides is 2. The number of aryl methyl sites for hydroxylation is 1. The van der Waals surface area contributed by atoms with Crippen LogP contribution in [-0.2, 0) is 6.42 Å². The molecule has 0 saturated heterocycles. The highest BCUT2D eigenvalue weighted by atomic mass is 16.3. The average molecular weight is 683 g/mol. The predicted molar refractivity (Wildman–Crippen MR) is 197 cm³/mol. The first kappa shape index (κ1) is 33.3. The van der Waals surface area contributed by atoms with Gasteiger partial charge in [-0.25, -0.2) is 0 Å². The van der Waals surface area contributed by atoms with Gasteiger partial charge in [0.1, 0.15) is 5.75 Å². The van der Waals surface area contributed by atoms with E-state index in [0.717, 1.165) is 11.1 Å². The van der Waals surface area contributed by atoms with Crippen LogP contribution in [-0.4, -0.2) is 50.4 Å². The lowest BCUT2D eigenvalue weighted by Gasteiger charge is -2.18. The molecule has 9 heteroatoms. The van der Waals surface area contributed by atoms with E-state index < -0.39 is 34.8 Å². The molecule has 7 N–H and O–H groups in total. The van der Waals surface area contributed by atoms with Gasteiger partial charge in [-0.1, -0.05) is 74.5 Å². The van der Waals surface area contributed by atoms with Gasteiger partial charge in [-0.05, 0) is 93.6 Å². The van der Waals surface area contributed by atoms with E-state index in [2.05, 4.69) is 10.6 Å². The van der Waals surface area contributed by atoms with Gasteiger partial charge in [-0.15, -0.1) is 0 Å². The van der Waals surface area contributed by atoms with Crippen LogP contribution in [0.2, 0.25) is 0 Å². The zero-order valence-electron chi connectivity index (χ0n) is 28.4. The molecule has 0 spiro atoms. The normalized spacial score (nSPS) is 13.1. The van der Waals surface area contributed by atoms with Gasteiger partial charge < -0.3 is 36.2 Å². The molecule has 258 valence electrons. The summed E-state index contributed by atoms with van der Waals surface area (Å²) < 4.78 is 0. The first-order valence-corrected chi connectivity index (χ1v) is 16.9. The molecular weight excluding hydrogens is 644 g/mol. The van der Waals surface area contributed by atoms with Crippen LogP contribution in [0.5, 0.6) is 28.7 Å². The van der Waals surface area contributed by atoms with Crippen molar-refractivity contribution >= 4 is 33.4 Å². The molecule has 0 saturated carbocycles. The summed E-state index contributed by atoms with van der Waals surface area (Å²) in [4.78, 5) is 27.3. The minimum absolute atomic E-state index is 0.00318. The Kier molecular flexibility index (Phi) is 8.43. The van der Waals surface area contributed by atoms with Crippen LogP contribution < -0.4 is 10.6 Å². The van der Waals surface area contributed by atoms with Gasteiger partial charge >= 0.3 is 0 Å². The number of hydrogen-bond donors (Lipinski definition) is 7. The van der Waals surface area contributed by atoms with Crippen molar-refractivity contribution in [2.24, 2.45) is 0 Å². The van der Waals surface area contributed by atoms with Crippen molar-refractivity contribution in [2.75, 3.05) is 13.1 Å². The monoisotopic (exact) mass is 682 g/mol. The molecule has 2 amide bonds. The summed E-state index contributed by atoms with van der Waals surface area (Å²) in [7, 11) is 0. The second-order valence-electron chi connectivity index (χ2n) is 13.5. The molecule has 2 atom stereocenters. The topological polar surface area (TPSA) is 159 Å². The van der Waals surface area contributed by atoms with Crippen LogP contribution in [0.25, 0.3) is 32.7 Å². The predicted octanol–water partition coefficient (Wildman–Crippen LogP) is 7.47. The Morgan fingerprint density at radius 1 is 0.608 bits per heavy atom. The van der Waals surface area contributed by atoms with Crippen molar-refractivity contribution in [3.8, 4) is 39.9 Å². The molecule has 1 aliphatic carbocycles. The summed E-state index contributed by atoms with van der Waals surface area (Å²) in [6.45, 7) is 6.36. The smallest absolute Gasteiger partial charge is 0.255 e. The molecular formula is C42H38N2O7. The molecule has 9 nitrogen and oxygen atoms in total. The first-order chi connectivity index (χ1) is 24.5. The van der Waals surface area contributed by atoms with E-state index in [4.69, 9.17) is 0 Å². The van der Waals surface area contributed by atoms with Crippen molar-refractivity contribution in [3.05, 3.63) is 124 Å². The minimum atomic E-state index is -0.606. The largest absolute Gasteiger partial charge is 0.507 e. The number of hydrogen-bond acceptors (Lipinski definition) is 7. The number of aromatic hydroxyl groups is 5. The molecule has 2 unspecified atom stereocenters. The minimum Gasteiger partial charge on any atom is -0.507 e. The highest BCUT2D eigenvalue weighted by Gasteiger charge is 2.32. The summed E-state index contributed by atoms with van der Waals surface area (Å²) in [5.74, 6) is -3.49. The van der Waals surface area contributed by atoms with Crippen molar-refractivity contribution in [1.29, 1.82) is 0 Å². The fourth-order valence-electron chi connectivity index (χ4n) is 7.35. The molecule has 0 aromatic heterocycles. The third-order valence-electron chi connectivity index (χ3n) is 10.1. The molecule has 0 heterocycles. The lowest BCUT2D eigenvalue weighted by Crippen LogP contribution is -2.27. The van der Waals surface area contributed by atoms with Crippen LogP contribution in [0.15, 0.2) is 84.9 Å². The van der Waals surface area contributed by atoms with E-state index in [1.807, 2.05) is 81.4 Å². The average Bonchev–Trinajstić information content (AvgIpc) is 3.53. The number of carbonyl (C=O) groups excluding carboxylic acids is 2. The molecule has 6 aromatic carbocycles. The third kappa shape index (κ3) is 5.70. The van der Waals surface area contributed by atoms with E-state index in [9.17, 15) is 35.1 Å². The Hall–Kier alpha value is -6.22. The quantitative estimate of drug-likeness (QED) is 0.0819. The van der Waals surface area contributed by atoms with E-state index >= 15 is 0 Å². The van der Waals surface area contributed by atoms with Crippen molar-refractivity contribution in [1.82, 2.24) is 10.6 Å². The Bertz CT molecular complexity index is 2370. The molecule has 6 aromatic rings. The Morgan fingerprint density at radius 3 is 1.59 bits per heavy atom. The third-order valence-corrected chi connectivity index (χ3v) is 10.1. The summed E-state index contributed by atoms with van der Waals surface area (Å²) >= 11 is 0. The number of phenols is 5. The summed E-state index contributed by atoms with van der Waals surface area (Å²) in [5, 5.41) is 62.5. The van der Waals surface area contributed by atoms with Crippen LogP contribution in [0.1, 0.15) is 74.2 Å². The van der Waals surface area contributed by atoms with E-state index in [1.54, 1.807) is 12.1 Å². The van der Waals surface area contributed by atoms with Crippen LogP contribution >= 0.6 is 0 Å². The number of rotatable bonds is 8.